The summed E-state index contributed by atoms with van der Waals surface area (Å²) in [7, 11) is 1.58. The Morgan fingerprint density at radius 2 is 1.67 bits per heavy atom. The van der Waals surface area contributed by atoms with Crippen LogP contribution in [0.5, 0.6) is 5.75 Å². The van der Waals surface area contributed by atoms with E-state index in [-0.39, 0.29) is 12.2 Å². The molecule has 0 aliphatic heterocycles. The van der Waals surface area contributed by atoms with Gasteiger partial charge in [-0.2, -0.15) is 0 Å². The number of anilines is 1. The van der Waals surface area contributed by atoms with E-state index in [1.165, 1.54) is 47.8 Å². The van der Waals surface area contributed by atoms with E-state index in [4.69, 9.17) is 4.74 Å². The number of halogens is 1. The summed E-state index contributed by atoms with van der Waals surface area (Å²) in [5.41, 5.74) is 2.94. The number of ether oxygens (including phenoxy) is 1. The second-order valence-electron chi connectivity index (χ2n) is 8.18. The predicted molar refractivity (Wildman–Crippen MR) is 134 cm³/mol. The van der Waals surface area contributed by atoms with Crippen molar-refractivity contribution >= 4 is 17.5 Å². The number of amides is 2. The number of benzene rings is 3. The molecule has 0 spiro atoms. The van der Waals surface area contributed by atoms with Gasteiger partial charge in [-0.15, -0.1) is 0 Å². The summed E-state index contributed by atoms with van der Waals surface area (Å²) in [6, 6.07) is 19.1. The van der Waals surface area contributed by atoms with Crippen molar-refractivity contribution in [2.45, 2.75) is 19.5 Å². The highest BCUT2D eigenvalue weighted by Gasteiger charge is 2.33. The molecule has 2 amide bonds. The highest BCUT2D eigenvalue weighted by molar-refractivity contribution is 6.00. The van der Waals surface area contributed by atoms with Gasteiger partial charge in [0.2, 0.25) is 0 Å². The lowest BCUT2D eigenvalue weighted by molar-refractivity contribution is -0.121. The molecular weight excluding hydrogens is 459 g/mol. The first-order valence-corrected chi connectivity index (χ1v) is 11.3. The maximum absolute atomic E-state index is 13.7. The average molecular weight is 485 g/mol. The van der Waals surface area contributed by atoms with Gasteiger partial charge in [0, 0.05) is 24.6 Å². The number of carbonyl (C=O) groups is 2. The zero-order valence-electron chi connectivity index (χ0n) is 19.9. The van der Waals surface area contributed by atoms with Crippen LogP contribution < -0.4 is 10.1 Å². The van der Waals surface area contributed by atoms with Gasteiger partial charge in [-0.05, 0) is 54.4 Å². The molecular formula is C28H25FN4O3. The number of aromatic nitrogens is 2. The molecule has 3 aromatic carbocycles. The van der Waals surface area contributed by atoms with Gasteiger partial charge in [-0.1, -0.05) is 42.0 Å². The van der Waals surface area contributed by atoms with Gasteiger partial charge >= 0.3 is 0 Å². The minimum Gasteiger partial charge on any atom is -0.497 e. The number of carbonyl (C=O) groups excluding carboxylic acids is 2. The van der Waals surface area contributed by atoms with Crippen LogP contribution in [-0.4, -0.2) is 33.8 Å². The van der Waals surface area contributed by atoms with Crippen molar-refractivity contribution in [3.63, 3.8) is 0 Å². The number of rotatable bonds is 8. The largest absolute Gasteiger partial charge is 0.497 e. The Balaban J connectivity index is 1.77. The first kappa shape index (κ1) is 24.5. The van der Waals surface area contributed by atoms with Crippen molar-refractivity contribution in [1.29, 1.82) is 0 Å². The molecule has 1 atom stereocenters. The molecule has 0 fully saturated rings. The third-order valence-corrected chi connectivity index (χ3v) is 5.62. The number of nitrogens with one attached hydrogen (secondary N) is 1. The lowest BCUT2D eigenvalue weighted by Gasteiger charge is -2.31. The van der Waals surface area contributed by atoms with Crippen LogP contribution >= 0.6 is 0 Å². The van der Waals surface area contributed by atoms with Gasteiger partial charge < -0.3 is 15.0 Å². The van der Waals surface area contributed by atoms with Gasteiger partial charge in [-0.25, -0.2) is 9.37 Å². The maximum Gasteiger partial charge on any atom is 0.275 e. The fourth-order valence-electron chi connectivity index (χ4n) is 3.73. The average Bonchev–Trinajstić information content (AvgIpc) is 2.91. The normalized spacial score (nSPS) is 11.4. The van der Waals surface area contributed by atoms with Crippen LogP contribution in [0.4, 0.5) is 10.1 Å². The van der Waals surface area contributed by atoms with Gasteiger partial charge in [0.15, 0.2) is 0 Å². The molecule has 0 bridgehead atoms. The lowest BCUT2D eigenvalue weighted by Crippen LogP contribution is -2.41. The molecule has 0 saturated heterocycles. The summed E-state index contributed by atoms with van der Waals surface area (Å²) >= 11 is 0. The molecule has 1 aromatic heterocycles. The van der Waals surface area contributed by atoms with Crippen molar-refractivity contribution in [2.24, 2.45) is 0 Å². The topological polar surface area (TPSA) is 84.4 Å². The fourth-order valence-corrected chi connectivity index (χ4v) is 3.73. The van der Waals surface area contributed by atoms with E-state index < -0.39 is 23.7 Å². The summed E-state index contributed by atoms with van der Waals surface area (Å²) in [6.45, 7) is 2.06. The summed E-state index contributed by atoms with van der Waals surface area (Å²) in [6.07, 6.45) is 4.27. The Morgan fingerprint density at radius 1 is 0.972 bits per heavy atom. The quantitative estimate of drug-likeness (QED) is 0.382. The number of aryl methyl sites for hydroxylation is 1. The first-order chi connectivity index (χ1) is 17.4. The Hall–Kier alpha value is -4.59. The molecule has 7 nitrogen and oxygen atoms in total. The van der Waals surface area contributed by atoms with E-state index in [0.29, 0.717) is 17.0 Å². The van der Waals surface area contributed by atoms with Crippen LogP contribution in [0.15, 0.2) is 91.4 Å². The van der Waals surface area contributed by atoms with Crippen molar-refractivity contribution in [3.8, 4) is 5.75 Å². The summed E-state index contributed by atoms with van der Waals surface area (Å²) in [5.74, 6) is -0.647. The highest BCUT2D eigenvalue weighted by atomic mass is 19.1. The molecule has 0 radical (unpaired) electrons. The zero-order valence-corrected chi connectivity index (χ0v) is 19.9. The van der Waals surface area contributed by atoms with Gasteiger partial charge in [0.05, 0.1) is 13.3 Å². The molecule has 182 valence electrons. The monoisotopic (exact) mass is 484 g/mol. The van der Waals surface area contributed by atoms with Crippen molar-refractivity contribution in [2.75, 3.05) is 12.4 Å². The van der Waals surface area contributed by atoms with E-state index in [1.54, 1.807) is 19.2 Å². The molecule has 0 aliphatic rings. The van der Waals surface area contributed by atoms with Crippen molar-refractivity contribution in [1.82, 2.24) is 14.9 Å². The molecule has 1 heterocycles. The minimum absolute atomic E-state index is 0.109. The van der Waals surface area contributed by atoms with Crippen LogP contribution in [0, 0.1) is 12.7 Å². The standard InChI is InChI=1S/C28H25FN4O3/c1-19-3-7-21(8-4-19)26(27(34)32-23-11-9-22(29)10-12-23)33(28(35)25-17-30-15-16-31-25)18-20-5-13-24(36-2)14-6-20/h3-17,26H,18H2,1-2H3,(H,32,34)/t26-/m1/s1. The van der Waals surface area contributed by atoms with Crippen LogP contribution in [-0.2, 0) is 11.3 Å². The van der Waals surface area contributed by atoms with Gasteiger partial charge in [0.1, 0.15) is 23.3 Å². The van der Waals surface area contributed by atoms with Crippen molar-refractivity contribution < 1.29 is 18.7 Å². The molecule has 0 unspecified atom stereocenters. The highest BCUT2D eigenvalue weighted by Crippen LogP contribution is 2.28. The smallest absolute Gasteiger partial charge is 0.275 e. The summed E-state index contributed by atoms with van der Waals surface area (Å²) < 4.78 is 18.7. The first-order valence-electron chi connectivity index (χ1n) is 11.3. The molecule has 0 saturated carbocycles. The Morgan fingerprint density at radius 3 is 2.28 bits per heavy atom. The number of hydrogen-bond acceptors (Lipinski definition) is 5. The number of nitrogens with zero attached hydrogens (tertiary/aromatic N) is 3. The summed E-state index contributed by atoms with van der Waals surface area (Å²) in [4.78, 5) is 37.1. The predicted octanol–water partition coefficient (Wildman–Crippen LogP) is 4.96. The zero-order chi connectivity index (χ0) is 25.5. The number of methoxy groups -OCH3 is 1. The molecule has 4 rings (SSSR count). The molecule has 0 aliphatic carbocycles. The number of hydrogen-bond donors (Lipinski definition) is 1. The van der Waals surface area contributed by atoms with Crippen LogP contribution in [0.25, 0.3) is 0 Å². The molecule has 1 N–H and O–H groups in total. The molecule has 8 heteroatoms. The Labute approximate surface area is 208 Å². The fraction of sp³-hybridized carbons (Fsp3) is 0.143. The van der Waals surface area contributed by atoms with E-state index >= 15 is 0 Å². The lowest BCUT2D eigenvalue weighted by atomic mass is 10.0. The minimum atomic E-state index is -1.01. The van der Waals surface area contributed by atoms with Gasteiger partial charge in [-0.3, -0.25) is 14.6 Å². The van der Waals surface area contributed by atoms with Crippen LogP contribution in [0.1, 0.15) is 33.2 Å². The summed E-state index contributed by atoms with van der Waals surface area (Å²) in [5, 5.41) is 2.82. The second-order valence-corrected chi connectivity index (χ2v) is 8.18. The third-order valence-electron chi connectivity index (χ3n) is 5.62. The molecule has 4 aromatic rings. The van der Waals surface area contributed by atoms with E-state index in [9.17, 15) is 14.0 Å². The van der Waals surface area contributed by atoms with Gasteiger partial charge in [0.25, 0.3) is 11.8 Å². The van der Waals surface area contributed by atoms with E-state index in [2.05, 4.69) is 15.3 Å². The second kappa shape index (κ2) is 11.2. The maximum atomic E-state index is 13.7. The van der Waals surface area contributed by atoms with Crippen LogP contribution in [0.2, 0.25) is 0 Å². The van der Waals surface area contributed by atoms with Crippen LogP contribution in [0.3, 0.4) is 0 Å². The Bertz CT molecular complexity index is 1310. The van der Waals surface area contributed by atoms with Crippen molar-refractivity contribution in [3.05, 3.63) is 120 Å². The molecule has 36 heavy (non-hydrogen) atoms. The third kappa shape index (κ3) is 5.90. The van der Waals surface area contributed by atoms with E-state index in [0.717, 1.165) is 11.1 Å². The van der Waals surface area contributed by atoms with E-state index in [1.807, 2.05) is 43.3 Å². The Kier molecular flexibility index (Phi) is 7.65. The SMILES string of the molecule is COc1ccc(CN(C(=O)c2cnccn2)[C@@H](C(=O)Nc2ccc(F)cc2)c2ccc(C)cc2)cc1.